The molecule has 7 unspecified atom stereocenters. The van der Waals surface area contributed by atoms with E-state index in [0.29, 0.717) is 18.8 Å². The Balaban J connectivity index is 1.76. The van der Waals surface area contributed by atoms with E-state index in [9.17, 15) is 9.90 Å². The average Bonchev–Trinajstić information content (AvgIpc) is 3.43. The van der Waals surface area contributed by atoms with Crippen LogP contribution in [0.1, 0.15) is 85.5 Å². The number of rotatable bonds is 15. The maximum absolute atomic E-state index is 12.8. The number of aliphatic hydroxyl groups excluding tert-OH is 2. The molecule has 35 heavy (non-hydrogen) atoms. The summed E-state index contributed by atoms with van der Waals surface area (Å²) >= 11 is 0. The van der Waals surface area contributed by atoms with Crippen molar-refractivity contribution in [2.24, 2.45) is 11.8 Å². The summed E-state index contributed by atoms with van der Waals surface area (Å²) in [6.07, 6.45) is 16.8. The van der Waals surface area contributed by atoms with Crippen LogP contribution in [0.15, 0.2) is 48.1 Å². The van der Waals surface area contributed by atoms with Crippen LogP contribution in [0.25, 0.3) is 0 Å². The van der Waals surface area contributed by atoms with E-state index >= 15 is 0 Å². The molecule has 0 aromatic heterocycles. The van der Waals surface area contributed by atoms with Crippen LogP contribution in [0, 0.1) is 11.8 Å². The number of hydrogen-bond acceptors (Lipinski definition) is 5. The molecule has 2 fully saturated rings. The first kappa shape index (κ1) is 29.7. The summed E-state index contributed by atoms with van der Waals surface area (Å²) < 4.78 is 12.3. The Morgan fingerprint density at radius 2 is 1.83 bits per heavy atom. The van der Waals surface area contributed by atoms with Crippen LogP contribution in [0.2, 0.25) is 0 Å². The summed E-state index contributed by atoms with van der Waals surface area (Å²) in [7, 11) is 0. The first-order chi connectivity index (χ1) is 16.7. The summed E-state index contributed by atoms with van der Waals surface area (Å²) in [5.41, 5.74) is 2.47. The molecule has 0 aromatic rings. The van der Waals surface area contributed by atoms with Gasteiger partial charge in [0.1, 0.15) is 5.78 Å². The van der Waals surface area contributed by atoms with Crippen LogP contribution in [0.5, 0.6) is 0 Å². The third kappa shape index (κ3) is 10.2. The highest BCUT2D eigenvalue weighted by atomic mass is 16.5. The molecule has 2 rings (SSSR count). The fraction of sp³-hybridized carbons (Fsp3) is 0.700. The fourth-order valence-corrected chi connectivity index (χ4v) is 5.08. The molecule has 0 saturated carbocycles. The van der Waals surface area contributed by atoms with Crippen LogP contribution in [0.3, 0.4) is 0 Å². The minimum atomic E-state index is -0.774. The largest absolute Gasteiger partial charge is 0.396 e. The number of ketones is 1. The van der Waals surface area contributed by atoms with Crippen molar-refractivity contribution < 1.29 is 24.5 Å². The van der Waals surface area contributed by atoms with E-state index in [1.165, 1.54) is 11.1 Å². The van der Waals surface area contributed by atoms with Gasteiger partial charge in [0.25, 0.3) is 0 Å². The number of carbonyl (C=O) groups is 1. The predicted octanol–water partition coefficient (Wildman–Crippen LogP) is 5.86. The first-order valence-electron chi connectivity index (χ1n) is 13.5. The topological polar surface area (TPSA) is 76.0 Å². The number of allylic oxidation sites excluding steroid dienone is 4. The highest BCUT2D eigenvalue weighted by Crippen LogP contribution is 2.34. The van der Waals surface area contributed by atoms with E-state index in [-0.39, 0.29) is 36.8 Å². The molecule has 0 radical (unpaired) electrons. The lowest BCUT2D eigenvalue weighted by molar-refractivity contribution is -0.131. The Bertz CT molecular complexity index is 752. The number of ether oxygens (including phenoxy) is 2. The Labute approximate surface area is 213 Å². The van der Waals surface area contributed by atoms with Gasteiger partial charge >= 0.3 is 0 Å². The normalized spacial score (nSPS) is 29.6. The molecule has 2 N–H and O–H groups in total. The maximum Gasteiger partial charge on any atom is 0.138 e. The Hall–Kier alpha value is -1.53. The maximum atomic E-state index is 12.8. The smallest absolute Gasteiger partial charge is 0.138 e. The van der Waals surface area contributed by atoms with Crippen molar-refractivity contribution in [3.8, 4) is 0 Å². The molecular weight excluding hydrogens is 440 g/mol. The molecule has 0 bridgehead atoms. The van der Waals surface area contributed by atoms with E-state index in [2.05, 4.69) is 38.7 Å². The molecule has 0 amide bonds. The fourth-order valence-electron chi connectivity index (χ4n) is 5.08. The van der Waals surface area contributed by atoms with Gasteiger partial charge in [-0.1, -0.05) is 62.0 Å². The molecule has 198 valence electrons. The molecule has 0 spiro atoms. The molecule has 2 saturated heterocycles. The molecule has 5 heteroatoms. The van der Waals surface area contributed by atoms with Gasteiger partial charge in [-0.25, -0.2) is 0 Å². The van der Waals surface area contributed by atoms with Gasteiger partial charge in [-0.3, -0.25) is 4.79 Å². The second-order valence-electron chi connectivity index (χ2n) is 10.6. The quantitative estimate of drug-likeness (QED) is 0.223. The van der Waals surface area contributed by atoms with Crippen molar-refractivity contribution in [3.63, 3.8) is 0 Å². The first-order valence-corrected chi connectivity index (χ1v) is 13.5. The second kappa shape index (κ2) is 15.6. The van der Waals surface area contributed by atoms with Crippen LogP contribution >= 0.6 is 0 Å². The zero-order valence-corrected chi connectivity index (χ0v) is 22.3. The van der Waals surface area contributed by atoms with Crippen molar-refractivity contribution in [1.82, 2.24) is 0 Å². The van der Waals surface area contributed by atoms with Gasteiger partial charge in [-0.15, -0.1) is 0 Å². The summed E-state index contributed by atoms with van der Waals surface area (Å²) in [6.45, 7) is 12.0. The van der Waals surface area contributed by atoms with Gasteiger partial charge in [-0.2, -0.15) is 0 Å². The summed E-state index contributed by atoms with van der Waals surface area (Å²) in [5.74, 6) is -0.00204. The Kier molecular flexibility index (Phi) is 13.2. The van der Waals surface area contributed by atoms with Gasteiger partial charge in [0.05, 0.1) is 30.5 Å². The van der Waals surface area contributed by atoms with E-state index < -0.39 is 12.0 Å². The molecule has 5 nitrogen and oxygen atoms in total. The molecule has 7 atom stereocenters. The van der Waals surface area contributed by atoms with Crippen LogP contribution < -0.4 is 0 Å². The third-order valence-corrected chi connectivity index (χ3v) is 7.53. The molecule has 2 aliphatic rings. The minimum Gasteiger partial charge on any atom is -0.396 e. The SMILES string of the molecule is C=CC=CCC1CCC(CCC(=O)C(C)C(O)C2CC(C)C(CC(C)=CCC=C(C)CCO)O2)O1. The zero-order valence-electron chi connectivity index (χ0n) is 22.3. The van der Waals surface area contributed by atoms with Crippen molar-refractivity contribution >= 4 is 5.78 Å². The van der Waals surface area contributed by atoms with E-state index in [0.717, 1.165) is 44.9 Å². The lowest BCUT2D eigenvalue weighted by atomic mass is 9.89. The van der Waals surface area contributed by atoms with Gasteiger partial charge in [0.2, 0.25) is 0 Å². The Morgan fingerprint density at radius 3 is 2.54 bits per heavy atom. The Morgan fingerprint density at radius 1 is 1.11 bits per heavy atom. The van der Waals surface area contributed by atoms with Crippen LogP contribution in [-0.4, -0.2) is 53.1 Å². The van der Waals surface area contributed by atoms with Gasteiger partial charge < -0.3 is 19.7 Å². The molecular formula is C30H48O5. The van der Waals surface area contributed by atoms with Crippen LogP contribution in [0.4, 0.5) is 0 Å². The number of hydrogen-bond donors (Lipinski definition) is 2. The lowest BCUT2D eigenvalue weighted by Crippen LogP contribution is -2.36. The highest BCUT2D eigenvalue weighted by molar-refractivity contribution is 5.81. The molecule has 2 heterocycles. The summed E-state index contributed by atoms with van der Waals surface area (Å²) in [4.78, 5) is 12.8. The number of aliphatic hydroxyl groups is 2. The zero-order chi connectivity index (χ0) is 25.8. The van der Waals surface area contributed by atoms with E-state index in [1.54, 1.807) is 6.08 Å². The number of carbonyl (C=O) groups excluding carboxylic acids is 1. The van der Waals surface area contributed by atoms with Crippen LogP contribution in [-0.2, 0) is 14.3 Å². The van der Waals surface area contributed by atoms with E-state index in [1.807, 2.05) is 19.9 Å². The molecule has 0 aromatic carbocycles. The average molecular weight is 489 g/mol. The molecule has 2 aliphatic heterocycles. The van der Waals surface area contributed by atoms with Crippen molar-refractivity contribution in [2.45, 2.75) is 116 Å². The van der Waals surface area contributed by atoms with Gasteiger partial charge in [-0.05, 0) is 71.1 Å². The minimum absolute atomic E-state index is 0.0645. The predicted molar refractivity (Wildman–Crippen MR) is 142 cm³/mol. The lowest BCUT2D eigenvalue weighted by Gasteiger charge is -2.24. The summed E-state index contributed by atoms with van der Waals surface area (Å²) in [6, 6.07) is 0. The van der Waals surface area contributed by atoms with Gasteiger partial charge in [0.15, 0.2) is 0 Å². The van der Waals surface area contributed by atoms with E-state index in [4.69, 9.17) is 14.6 Å². The second-order valence-corrected chi connectivity index (χ2v) is 10.6. The monoisotopic (exact) mass is 488 g/mol. The van der Waals surface area contributed by atoms with Crippen molar-refractivity contribution in [1.29, 1.82) is 0 Å². The standard InChI is InChI=1S/C30H48O5/c1-6-7-8-12-25-13-14-26(34-25)15-16-27(32)24(5)30(33)29-20-23(4)28(35-29)19-22(3)11-9-10-21(2)17-18-31/h6-8,10-11,23-26,28-31,33H,1,9,12-20H2,2-5H3. The summed E-state index contributed by atoms with van der Waals surface area (Å²) in [5, 5.41) is 19.9. The van der Waals surface area contributed by atoms with Gasteiger partial charge in [0, 0.05) is 18.9 Å². The third-order valence-electron chi connectivity index (χ3n) is 7.53. The van der Waals surface area contributed by atoms with Crippen molar-refractivity contribution in [3.05, 3.63) is 48.1 Å². The molecule has 0 aliphatic carbocycles. The number of Topliss-reactive ketones (excluding diaryl/α,β-unsaturated/α-hetero) is 1. The van der Waals surface area contributed by atoms with Crippen molar-refractivity contribution in [2.75, 3.05) is 6.61 Å². The highest BCUT2D eigenvalue weighted by Gasteiger charge is 2.39.